The fraction of sp³-hybridized carbons (Fsp3) is 0.571. The van der Waals surface area contributed by atoms with Crippen LogP contribution in [0.15, 0.2) is 24.3 Å². The Bertz CT molecular complexity index is 318. The maximum atomic E-state index is 5.56. The molecular weight excluding hydrogens is 198 g/mol. The Hall–Kier alpha value is -1.02. The Labute approximate surface area is 97.8 Å². The van der Waals surface area contributed by atoms with Gasteiger partial charge in [-0.2, -0.15) is 0 Å². The summed E-state index contributed by atoms with van der Waals surface area (Å²) in [4.78, 5) is 0. The summed E-state index contributed by atoms with van der Waals surface area (Å²) in [5.41, 5.74) is 6.87. The molecule has 0 spiro atoms. The van der Waals surface area contributed by atoms with Gasteiger partial charge in [0.1, 0.15) is 12.4 Å². The van der Waals surface area contributed by atoms with Crippen LogP contribution in [0.4, 0.5) is 0 Å². The first-order valence-corrected chi connectivity index (χ1v) is 6.33. The van der Waals surface area contributed by atoms with Crippen molar-refractivity contribution in [2.45, 2.75) is 38.0 Å². The average molecular weight is 219 g/mol. The zero-order valence-electron chi connectivity index (χ0n) is 9.82. The van der Waals surface area contributed by atoms with E-state index in [1.54, 1.807) is 0 Å². The van der Waals surface area contributed by atoms with Crippen molar-refractivity contribution in [3.63, 3.8) is 0 Å². The van der Waals surface area contributed by atoms with Crippen LogP contribution in [-0.2, 0) is 0 Å². The van der Waals surface area contributed by atoms with Crippen LogP contribution < -0.4 is 10.5 Å². The van der Waals surface area contributed by atoms with Gasteiger partial charge in [0.2, 0.25) is 0 Å². The van der Waals surface area contributed by atoms with Crippen molar-refractivity contribution in [2.24, 2.45) is 5.73 Å². The van der Waals surface area contributed by atoms with Gasteiger partial charge in [-0.05, 0) is 36.5 Å². The molecule has 1 aliphatic carbocycles. The number of benzene rings is 1. The van der Waals surface area contributed by atoms with Gasteiger partial charge < -0.3 is 10.5 Å². The minimum absolute atomic E-state index is 0.577. The van der Waals surface area contributed by atoms with Crippen LogP contribution in [0.1, 0.15) is 43.6 Å². The van der Waals surface area contributed by atoms with Gasteiger partial charge in [-0.25, -0.2) is 0 Å². The summed E-state index contributed by atoms with van der Waals surface area (Å²) >= 11 is 0. The van der Waals surface area contributed by atoms with E-state index in [1.807, 2.05) is 6.07 Å². The molecular formula is C14H21NO. The molecule has 0 aliphatic heterocycles. The molecule has 0 aromatic heterocycles. The summed E-state index contributed by atoms with van der Waals surface area (Å²) in [6.45, 7) is 1.18. The third kappa shape index (κ3) is 2.99. The van der Waals surface area contributed by atoms with E-state index < -0.39 is 0 Å². The van der Waals surface area contributed by atoms with E-state index in [1.165, 1.54) is 37.7 Å². The largest absolute Gasteiger partial charge is 0.492 e. The van der Waals surface area contributed by atoms with Crippen molar-refractivity contribution >= 4 is 0 Å². The summed E-state index contributed by atoms with van der Waals surface area (Å²) < 4.78 is 5.56. The van der Waals surface area contributed by atoms with Crippen molar-refractivity contribution < 1.29 is 4.74 Å². The molecule has 2 nitrogen and oxygen atoms in total. The summed E-state index contributed by atoms with van der Waals surface area (Å²) in [5, 5.41) is 0. The van der Waals surface area contributed by atoms with Crippen LogP contribution in [0.25, 0.3) is 0 Å². The highest BCUT2D eigenvalue weighted by molar-refractivity contribution is 5.31. The van der Waals surface area contributed by atoms with Crippen LogP contribution in [0, 0.1) is 0 Å². The molecule has 0 heterocycles. The Kier molecular flexibility index (Phi) is 4.23. The lowest BCUT2D eigenvalue weighted by Crippen LogP contribution is -2.11. The fourth-order valence-corrected chi connectivity index (χ4v) is 2.47. The first kappa shape index (κ1) is 11.5. The van der Waals surface area contributed by atoms with E-state index in [0.29, 0.717) is 13.2 Å². The Balaban J connectivity index is 2.02. The molecule has 2 heteroatoms. The van der Waals surface area contributed by atoms with Crippen LogP contribution in [0.5, 0.6) is 5.75 Å². The second kappa shape index (κ2) is 5.90. The maximum Gasteiger partial charge on any atom is 0.119 e. The SMILES string of the molecule is NCCOc1cccc(C2CCCCC2)c1. The minimum atomic E-state index is 0.577. The molecule has 0 atom stereocenters. The summed E-state index contributed by atoms with van der Waals surface area (Å²) in [5.74, 6) is 1.71. The normalized spacial score (nSPS) is 17.3. The lowest BCUT2D eigenvalue weighted by atomic mass is 9.84. The standard InChI is InChI=1S/C14H21NO/c15-9-10-16-14-8-4-7-13(11-14)12-5-2-1-3-6-12/h4,7-8,11-12H,1-3,5-6,9-10,15H2. The van der Waals surface area contributed by atoms with Gasteiger partial charge in [0, 0.05) is 6.54 Å². The number of hydrogen-bond acceptors (Lipinski definition) is 2. The monoisotopic (exact) mass is 219 g/mol. The van der Waals surface area contributed by atoms with Crippen molar-refractivity contribution in [2.75, 3.05) is 13.2 Å². The van der Waals surface area contributed by atoms with Crippen molar-refractivity contribution in [1.82, 2.24) is 0 Å². The van der Waals surface area contributed by atoms with E-state index in [2.05, 4.69) is 18.2 Å². The van der Waals surface area contributed by atoms with Gasteiger partial charge >= 0.3 is 0 Å². The van der Waals surface area contributed by atoms with E-state index in [-0.39, 0.29) is 0 Å². The lowest BCUT2D eigenvalue weighted by Gasteiger charge is -2.22. The van der Waals surface area contributed by atoms with Crippen LogP contribution in [0.2, 0.25) is 0 Å². The molecule has 0 radical (unpaired) electrons. The van der Waals surface area contributed by atoms with Crippen molar-refractivity contribution in [3.8, 4) is 5.75 Å². The second-order valence-corrected chi connectivity index (χ2v) is 4.54. The highest BCUT2D eigenvalue weighted by Crippen LogP contribution is 2.33. The predicted molar refractivity (Wildman–Crippen MR) is 66.8 cm³/mol. The molecule has 0 bridgehead atoms. The van der Waals surface area contributed by atoms with Gasteiger partial charge in [-0.15, -0.1) is 0 Å². The Morgan fingerprint density at radius 1 is 1.19 bits per heavy atom. The quantitative estimate of drug-likeness (QED) is 0.844. The van der Waals surface area contributed by atoms with Gasteiger partial charge in [0.05, 0.1) is 0 Å². The van der Waals surface area contributed by atoms with Crippen LogP contribution >= 0.6 is 0 Å². The molecule has 1 saturated carbocycles. The zero-order chi connectivity index (χ0) is 11.2. The van der Waals surface area contributed by atoms with Crippen LogP contribution in [0.3, 0.4) is 0 Å². The molecule has 88 valence electrons. The number of hydrogen-bond donors (Lipinski definition) is 1. The highest BCUT2D eigenvalue weighted by Gasteiger charge is 2.15. The molecule has 0 saturated heterocycles. The molecule has 1 aromatic carbocycles. The van der Waals surface area contributed by atoms with E-state index in [4.69, 9.17) is 10.5 Å². The Morgan fingerprint density at radius 3 is 2.75 bits per heavy atom. The van der Waals surface area contributed by atoms with Gasteiger partial charge in [0.25, 0.3) is 0 Å². The zero-order valence-corrected chi connectivity index (χ0v) is 9.82. The van der Waals surface area contributed by atoms with E-state index in [9.17, 15) is 0 Å². The smallest absolute Gasteiger partial charge is 0.119 e. The molecule has 2 rings (SSSR count). The van der Waals surface area contributed by atoms with E-state index >= 15 is 0 Å². The first-order chi connectivity index (χ1) is 7.90. The number of nitrogens with two attached hydrogens (primary N) is 1. The molecule has 1 aromatic rings. The third-order valence-corrected chi connectivity index (χ3v) is 3.32. The van der Waals surface area contributed by atoms with Crippen LogP contribution in [-0.4, -0.2) is 13.2 Å². The maximum absolute atomic E-state index is 5.56. The Morgan fingerprint density at radius 2 is 2.00 bits per heavy atom. The molecule has 2 N–H and O–H groups in total. The molecule has 16 heavy (non-hydrogen) atoms. The predicted octanol–water partition coefficient (Wildman–Crippen LogP) is 3.07. The average Bonchev–Trinajstić information content (AvgIpc) is 2.38. The molecule has 0 unspecified atom stereocenters. The van der Waals surface area contributed by atoms with Gasteiger partial charge in [-0.3, -0.25) is 0 Å². The molecule has 1 fully saturated rings. The molecule has 0 amide bonds. The highest BCUT2D eigenvalue weighted by atomic mass is 16.5. The number of ether oxygens (including phenoxy) is 1. The molecule has 1 aliphatic rings. The topological polar surface area (TPSA) is 35.2 Å². The number of rotatable bonds is 4. The third-order valence-electron chi connectivity index (χ3n) is 3.32. The first-order valence-electron chi connectivity index (χ1n) is 6.33. The van der Waals surface area contributed by atoms with Gasteiger partial charge in [-0.1, -0.05) is 31.4 Å². The van der Waals surface area contributed by atoms with Crippen molar-refractivity contribution in [3.05, 3.63) is 29.8 Å². The lowest BCUT2D eigenvalue weighted by molar-refractivity contribution is 0.327. The fourth-order valence-electron chi connectivity index (χ4n) is 2.47. The summed E-state index contributed by atoms with van der Waals surface area (Å²) in [7, 11) is 0. The minimum Gasteiger partial charge on any atom is -0.492 e. The van der Waals surface area contributed by atoms with E-state index in [0.717, 1.165) is 11.7 Å². The van der Waals surface area contributed by atoms with Gasteiger partial charge in [0.15, 0.2) is 0 Å². The summed E-state index contributed by atoms with van der Waals surface area (Å²) in [6, 6.07) is 8.52. The summed E-state index contributed by atoms with van der Waals surface area (Å²) in [6.07, 6.45) is 6.82. The second-order valence-electron chi connectivity index (χ2n) is 4.54. The van der Waals surface area contributed by atoms with Crippen molar-refractivity contribution in [1.29, 1.82) is 0 Å².